The number of furan rings is 1. The monoisotopic (exact) mass is 514 g/mol. The first-order chi connectivity index (χ1) is 13.1. The maximum atomic E-state index is 5.31. The number of nitrogens with zero attached hydrogens (tertiary/aromatic N) is 3. The molecule has 3 N–H and O–H groups in total. The highest BCUT2D eigenvalue weighted by Crippen LogP contribution is 2.17. The van der Waals surface area contributed by atoms with Gasteiger partial charge >= 0.3 is 0 Å². The first-order valence-corrected chi connectivity index (χ1v) is 10.0. The predicted octanol–water partition coefficient (Wildman–Crippen LogP) is 3.78. The van der Waals surface area contributed by atoms with E-state index in [1.807, 2.05) is 23.5 Å². The molecule has 3 aromatic rings. The van der Waals surface area contributed by atoms with E-state index in [-0.39, 0.29) is 24.0 Å². The average molecular weight is 514 g/mol. The molecule has 0 saturated heterocycles. The van der Waals surface area contributed by atoms with Crippen molar-refractivity contribution in [3.05, 3.63) is 46.1 Å². The topological polar surface area (TPSA) is 91.1 Å². The van der Waals surface area contributed by atoms with Gasteiger partial charge in [-0.25, -0.2) is 4.98 Å². The second kappa shape index (κ2) is 11.2. The molecule has 0 saturated carbocycles. The summed E-state index contributed by atoms with van der Waals surface area (Å²) in [7, 11) is 0. The van der Waals surface area contributed by atoms with Crippen molar-refractivity contribution in [1.82, 2.24) is 25.8 Å². The molecule has 7 nitrogen and oxygen atoms in total. The summed E-state index contributed by atoms with van der Waals surface area (Å²) >= 11 is 1.85. The van der Waals surface area contributed by atoms with E-state index in [1.165, 1.54) is 9.75 Å². The van der Waals surface area contributed by atoms with Gasteiger partial charge in [0.25, 0.3) is 0 Å². The molecule has 152 valence electrons. The van der Waals surface area contributed by atoms with E-state index in [9.17, 15) is 0 Å². The van der Waals surface area contributed by atoms with Crippen LogP contribution in [0.2, 0.25) is 0 Å². The third-order valence-corrected chi connectivity index (χ3v) is 4.95. The molecule has 1 unspecified atom stereocenters. The van der Waals surface area contributed by atoms with Crippen LogP contribution in [0.1, 0.15) is 29.4 Å². The molecule has 3 aromatic heterocycles. The van der Waals surface area contributed by atoms with Crippen molar-refractivity contribution in [2.75, 3.05) is 13.1 Å². The lowest BCUT2D eigenvalue weighted by atomic mass is 10.2. The number of hydrogen-bond donors (Lipinski definition) is 3. The Morgan fingerprint density at radius 3 is 2.89 bits per heavy atom. The van der Waals surface area contributed by atoms with Crippen LogP contribution in [0.4, 0.5) is 0 Å². The van der Waals surface area contributed by atoms with Gasteiger partial charge in [-0.1, -0.05) is 0 Å². The van der Waals surface area contributed by atoms with E-state index >= 15 is 0 Å². The molecule has 1 atom stereocenters. The second-order valence-corrected chi connectivity index (χ2v) is 7.73. The number of hydrogen-bond acceptors (Lipinski definition) is 5. The molecule has 0 aromatic carbocycles. The van der Waals surface area contributed by atoms with Crippen LogP contribution in [-0.4, -0.2) is 40.3 Å². The minimum atomic E-state index is 0. The summed E-state index contributed by atoms with van der Waals surface area (Å²) in [5.41, 5.74) is 0. The minimum absolute atomic E-state index is 0. The summed E-state index contributed by atoms with van der Waals surface area (Å²) in [5.74, 6) is 2.85. The van der Waals surface area contributed by atoms with Crippen LogP contribution in [0.3, 0.4) is 0 Å². The number of aromatic amines is 1. The molecule has 9 heteroatoms. The van der Waals surface area contributed by atoms with E-state index in [1.54, 1.807) is 6.26 Å². The molecule has 3 rings (SSSR count). The van der Waals surface area contributed by atoms with Crippen molar-refractivity contribution in [2.24, 2.45) is 4.99 Å². The van der Waals surface area contributed by atoms with Gasteiger partial charge in [-0.2, -0.15) is 5.10 Å². The van der Waals surface area contributed by atoms with Crippen LogP contribution < -0.4 is 10.6 Å². The van der Waals surface area contributed by atoms with Gasteiger partial charge < -0.3 is 15.1 Å². The molecule has 0 aliphatic heterocycles. The number of rotatable bonds is 8. The van der Waals surface area contributed by atoms with Gasteiger partial charge in [0.05, 0.1) is 6.26 Å². The fourth-order valence-corrected chi connectivity index (χ4v) is 3.72. The molecule has 0 radical (unpaired) electrons. The van der Waals surface area contributed by atoms with E-state index < -0.39 is 0 Å². The summed E-state index contributed by atoms with van der Waals surface area (Å²) in [6.07, 6.45) is 3.28. The Labute approximate surface area is 186 Å². The summed E-state index contributed by atoms with van der Waals surface area (Å²) in [6.45, 7) is 7.82. The fraction of sp³-hybridized carbons (Fsp3) is 0.421. The van der Waals surface area contributed by atoms with Crippen molar-refractivity contribution in [3.63, 3.8) is 0 Å². The van der Waals surface area contributed by atoms with Crippen LogP contribution in [0.25, 0.3) is 11.6 Å². The Morgan fingerprint density at radius 2 is 2.21 bits per heavy atom. The third-order valence-electron chi connectivity index (χ3n) is 3.92. The van der Waals surface area contributed by atoms with Crippen LogP contribution in [0.15, 0.2) is 39.9 Å². The summed E-state index contributed by atoms with van der Waals surface area (Å²) < 4.78 is 5.31. The number of thiophene rings is 1. The standard InChI is InChI=1S/C19H26N6OS.HI/c1-4-20-19(22-13(2)12-15-8-7-14(3)27-15)21-10-9-17-23-18(25-24-17)16-6-5-11-26-16;/h5-8,11,13H,4,9-10,12H2,1-3H3,(H2,20,21,22)(H,23,24,25);1H. The van der Waals surface area contributed by atoms with Crippen molar-refractivity contribution < 1.29 is 4.42 Å². The number of aromatic nitrogens is 3. The number of aryl methyl sites for hydroxylation is 1. The number of aliphatic imine (C=N–C) groups is 1. The van der Waals surface area contributed by atoms with Gasteiger partial charge in [0.1, 0.15) is 5.82 Å². The maximum Gasteiger partial charge on any atom is 0.216 e. The average Bonchev–Trinajstić information content (AvgIpc) is 3.36. The number of halogens is 1. The Kier molecular flexibility index (Phi) is 8.97. The number of H-pyrrole nitrogens is 1. The van der Waals surface area contributed by atoms with Gasteiger partial charge in [0.2, 0.25) is 5.82 Å². The van der Waals surface area contributed by atoms with Crippen molar-refractivity contribution in [2.45, 2.75) is 39.7 Å². The molecule has 0 spiro atoms. The molecule has 3 heterocycles. The van der Waals surface area contributed by atoms with Gasteiger partial charge in [-0.15, -0.1) is 35.3 Å². The van der Waals surface area contributed by atoms with Crippen LogP contribution in [0, 0.1) is 6.92 Å². The van der Waals surface area contributed by atoms with Crippen LogP contribution in [-0.2, 0) is 12.8 Å². The molecule has 0 bridgehead atoms. The van der Waals surface area contributed by atoms with Crippen LogP contribution in [0.5, 0.6) is 0 Å². The fourth-order valence-electron chi connectivity index (χ4n) is 2.70. The lowest BCUT2D eigenvalue weighted by Crippen LogP contribution is -2.43. The summed E-state index contributed by atoms with van der Waals surface area (Å²) in [6, 6.07) is 8.33. The number of guanidine groups is 1. The SMILES string of the molecule is CCNC(=NCCc1nc(-c2ccco2)n[nH]1)NC(C)Cc1ccc(C)s1.I. The lowest BCUT2D eigenvalue weighted by molar-refractivity contribution is 0.577. The normalized spacial score (nSPS) is 12.5. The zero-order valence-electron chi connectivity index (χ0n) is 16.4. The Hall–Kier alpha value is -1.88. The summed E-state index contributed by atoms with van der Waals surface area (Å²) in [5, 5.41) is 13.9. The first-order valence-electron chi connectivity index (χ1n) is 9.19. The third kappa shape index (κ3) is 6.62. The maximum absolute atomic E-state index is 5.31. The molecule has 0 aliphatic rings. The summed E-state index contributed by atoms with van der Waals surface area (Å²) in [4.78, 5) is 11.8. The van der Waals surface area contributed by atoms with E-state index in [4.69, 9.17) is 4.42 Å². The van der Waals surface area contributed by atoms with E-state index in [0.29, 0.717) is 30.6 Å². The van der Waals surface area contributed by atoms with Gasteiger partial charge in [-0.3, -0.25) is 10.1 Å². The Balaban J connectivity index is 0.00000280. The zero-order chi connectivity index (χ0) is 19.1. The number of nitrogens with one attached hydrogen (secondary N) is 3. The Morgan fingerprint density at radius 1 is 1.36 bits per heavy atom. The molecular formula is C19H27IN6OS. The second-order valence-electron chi connectivity index (χ2n) is 6.36. The molecule has 0 aliphatic carbocycles. The van der Waals surface area contributed by atoms with E-state index in [0.717, 1.165) is 24.7 Å². The van der Waals surface area contributed by atoms with Crippen molar-refractivity contribution in [3.8, 4) is 11.6 Å². The van der Waals surface area contributed by atoms with Gasteiger partial charge in [-0.05, 0) is 45.0 Å². The van der Waals surface area contributed by atoms with Gasteiger partial charge in [0, 0.05) is 41.7 Å². The molecule has 0 amide bonds. The first kappa shape index (κ1) is 22.4. The van der Waals surface area contributed by atoms with Crippen molar-refractivity contribution in [1.29, 1.82) is 0 Å². The lowest BCUT2D eigenvalue weighted by Gasteiger charge is -2.17. The Bertz CT molecular complexity index is 858. The molecular weight excluding hydrogens is 487 g/mol. The molecule has 28 heavy (non-hydrogen) atoms. The smallest absolute Gasteiger partial charge is 0.216 e. The molecule has 0 fully saturated rings. The quantitative estimate of drug-likeness (QED) is 0.242. The van der Waals surface area contributed by atoms with Crippen molar-refractivity contribution >= 4 is 41.3 Å². The highest BCUT2D eigenvalue weighted by molar-refractivity contribution is 14.0. The predicted molar refractivity (Wildman–Crippen MR) is 125 cm³/mol. The van der Waals surface area contributed by atoms with Crippen LogP contribution >= 0.6 is 35.3 Å². The van der Waals surface area contributed by atoms with E-state index in [2.05, 4.69) is 63.7 Å². The zero-order valence-corrected chi connectivity index (χ0v) is 19.5. The largest absolute Gasteiger partial charge is 0.461 e. The minimum Gasteiger partial charge on any atom is -0.461 e. The van der Waals surface area contributed by atoms with Gasteiger partial charge in [0.15, 0.2) is 11.7 Å². The highest BCUT2D eigenvalue weighted by Gasteiger charge is 2.09. The highest BCUT2D eigenvalue weighted by atomic mass is 127.